The lowest BCUT2D eigenvalue weighted by Gasteiger charge is -2.18. The van der Waals surface area contributed by atoms with E-state index in [2.05, 4.69) is 4.74 Å². The van der Waals surface area contributed by atoms with E-state index in [0.717, 1.165) is 0 Å². The van der Waals surface area contributed by atoms with Gasteiger partial charge in [-0.1, -0.05) is 6.08 Å². The zero-order chi connectivity index (χ0) is 12.6. The minimum Gasteiger partial charge on any atom is -0.466 e. The van der Waals surface area contributed by atoms with E-state index in [1.54, 1.807) is 6.92 Å². The molecule has 0 heterocycles. The highest BCUT2D eigenvalue weighted by molar-refractivity contribution is 5.87. The molecule has 0 unspecified atom stereocenters. The van der Waals surface area contributed by atoms with Crippen molar-refractivity contribution in [2.24, 2.45) is 0 Å². The maximum atomic E-state index is 12.1. The van der Waals surface area contributed by atoms with E-state index in [-0.39, 0.29) is 19.7 Å². The third kappa shape index (κ3) is 6.47. The molecule has 1 N–H and O–H groups in total. The van der Waals surface area contributed by atoms with Gasteiger partial charge in [-0.3, -0.25) is 4.90 Å². The summed E-state index contributed by atoms with van der Waals surface area (Å²) in [5.41, 5.74) is 0.361. The zero-order valence-electron chi connectivity index (χ0n) is 9.45. The monoisotopic (exact) mass is 237 g/mol. The molecule has 0 saturated heterocycles. The lowest BCUT2D eigenvalue weighted by atomic mass is 10.3. The van der Waals surface area contributed by atoms with Crippen LogP contribution in [0.5, 0.6) is 0 Å². The Morgan fingerprint density at radius 1 is 1.56 bits per heavy atom. The van der Waals surface area contributed by atoms with Crippen LogP contribution in [0.25, 0.3) is 0 Å². The van der Waals surface area contributed by atoms with Gasteiger partial charge in [0.25, 0.3) is 6.43 Å². The van der Waals surface area contributed by atoms with Crippen molar-refractivity contribution in [3.63, 3.8) is 0 Å². The first-order valence-electron chi connectivity index (χ1n) is 4.87. The van der Waals surface area contributed by atoms with Gasteiger partial charge in [-0.15, -0.1) is 0 Å². The van der Waals surface area contributed by atoms with Gasteiger partial charge in [0.2, 0.25) is 0 Å². The van der Waals surface area contributed by atoms with E-state index in [4.69, 9.17) is 5.11 Å². The number of halogens is 2. The van der Waals surface area contributed by atoms with Gasteiger partial charge >= 0.3 is 5.97 Å². The average Bonchev–Trinajstić information content (AvgIpc) is 2.23. The lowest BCUT2D eigenvalue weighted by molar-refractivity contribution is -0.136. The summed E-state index contributed by atoms with van der Waals surface area (Å²) in [6.45, 7) is 1.26. The Hall–Kier alpha value is -1.01. The van der Waals surface area contributed by atoms with Crippen molar-refractivity contribution in [2.45, 2.75) is 13.3 Å². The molecule has 16 heavy (non-hydrogen) atoms. The van der Waals surface area contributed by atoms with Crippen molar-refractivity contribution >= 4 is 5.97 Å². The Morgan fingerprint density at radius 2 is 2.19 bits per heavy atom. The van der Waals surface area contributed by atoms with Crippen molar-refractivity contribution in [2.75, 3.05) is 33.4 Å². The van der Waals surface area contributed by atoms with Crippen molar-refractivity contribution < 1.29 is 23.4 Å². The number of rotatable bonds is 7. The summed E-state index contributed by atoms with van der Waals surface area (Å²) < 4.78 is 28.7. The van der Waals surface area contributed by atoms with Crippen molar-refractivity contribution in [1.82, 2.24) is 4.90 Å². The third-order valence-electron chi connectivity index (χ3n) is 1.98. The quantitative estimate of drug-likeness (QED) is 0.522. The normalized spacial score (nSPS) is 12.3. The zero-order valence-corrected chi connectivity index (χ0v) is 9.45. The number of nitrogens with zero attached hydrogens (tertiary/aromatic N) is 1. The first-order chi connectivity index (χ1) is 7.51. The van der Waals surface area contributed by atoms with Crippen LogP contribution in [0, 0.1) is 0 Å². The summed E-state index contributed by atoms with van der Waals surface area (Å²) >= 11 is 0. The van der Waals surface area contributed by atoms with Gasteiger partial charge < -0.3 is 9.84 Å². The average molecular weight is 237 g/mol. The topological polar surface area (TPSA) is 49.8 Å². The van der Waals surface area contributed by atoms with E-state index in [0.29, 0.717) is 5.57 Å². The molecule has 0 atom stereocenters. The fourth-order valence-corrected chi connectivity index (χ4v) is 1.10. The van der Waals surface area contributed by atoms with Gasteiger partial charge in [0.15, 0.2) is 0 Å². The van der Waals surface area contributed by atoms with Gasteiger partial charge in [0, 0.05) is 18.7 Å². The molecule has 0 aliphatic carbocycles. The van der Waals surface area contributed by atoms with Gasteiger partial charge in [0.1, 0.15) is 0 Å². The summed E-state index contributed by atoms with van der Waals surface area (Å²) in [4.78, 5) is 12.4. The molecule has 0 spiro atoms. The number of methoxy groups -OCH3 is 1. The van der Waals surface area contributed by atoms with Gasteiger partial charge in [-0.2, -0.15) is 0 Å². The Morgan fingerprint density at radius 3 is 2.62 bits per heavy atom. The predicted octanol–water partition coefficient (Wildman–Crippen LogP) is 0.665. The van der Waals surface area contributed by atoms with E-state index in [9.17, 15) is 13.6 Å². The number of carbonyl (C=O) groups is 1. The summed E-state index contributed by atoms with van der Waals surface area (Å²) in [7, 11) is 1.25. The summed E-state index contributed by atoms with van der Waals surface area (Å²) in [6.07, 6.45) is -0.956. The maximum absolute atomic E-state index is 12.1. The highest BCUT2D eigenvalue weighted by Crippen LogP contribution is 2.01. The second-order valence-corrected chi connectivity index (χ2v) is 3.25. The number of hydrogen-bond donors (Lipinski definition) is 1. The molecular formula is C10H17F2NO3. The third-order valence-corrected chi connectivity index (χ3v) is 1.98. The molecule has 0 aromatic heterocycles. The molecule has 0 aliphatic heterocycles. The molecule has 4 nitrogen and oxygen atoms in total. The minimum absolute atomic E-state index is 0.148. The van der Waals surface area contributed by atoms with Gasteiger partial charge in [-0.25, -0.2) is 13.6 Å². The molecule has 94 valence electrons. The highest BCUT2D eigenvalue weighted by Gasteiger charge is 2.11. The summed E-state index contributed by atoms with van der Waals surface area (Å²) in [6, 6.07) is 0. The molecule has 0 saturated carbocycles. The van der Waals surface area contributed by atoms with Crippen LogP contribution in [-0.4, -0.2) is 55.8 Å². The Labute approximate surface area is 93.5 Å². The van der Waals surface area contributed by atoms with Crippen LogP contribution in [0.1, 0.15) is 6.92 Å². The molecular weight excluding hydrogens is 220 g/mol. The smallest absolute Gasteiger partial charge is 0.333 e. The van der Waals surface area contributed by atoms with Crippen LogP contribution in [0.4, 0.5) is 8.78 Å². The second kappa shape index (κ2) is 8.18. The van der Waals surface area contributed by atoms with Crippen LogP contribution in [0.15, 0.2) is 11.6 Å². The standard InChI is InChI=1S/C10H17F2NO3/c1-8(10(15)16-2)3-4-13(5-6-14)7-9(11)12/h3,9,14H,4-7H2,1-2H3. The van der Waals surface area contributed by atoms with E-state index >= 15 is 0 Å². The van der Waals surface area contributed by atoms with Crippen LogP contribution in [-0.2, 0) is 9.53 Å². The van der Waals surface area contributed by atoms with Crippen molar-refractivity contribution in [3.05, 3.63) is 11.6 Å². The molecule has 6 heteroatoms. The molecule has 0 aromatic carbocycles. The fraction of sp³-hybridized carbons (Fsp3) is 0.700. The second-order valence-electron chi connectivity index (χ2n) is 3.25. The SMILES string of the molecule is COC(=O)C(C)=CCN(CCO)CC(F)F. The number of alkyl halides is 2. The van der Waals surface area contributed by atoms with Gasteiger partial charge in [0.05, 0.1) is 20.3 Å². The number of carbonyl (C=O) groups excluding carboxylic acids is 1. The molecule has 0 bridgehead atoms. The first kappa shape index (κ1) is 15.0. The Balaban J connectivity index is 4.23. The van der Waals surface area contributed by atoms with Crippen LogP contribution in [0.3, 0.4) is 0 Å². The predicted molar refractivity (Wildman–Crippen MR) is 55.3 cm³/mol. The number of aliphatic hydroxyl groups is 1. The van der Waals surface area contributed by atoms with Crippen LogP contribution >= 0.6 is 0 Å². The number of ether oxygens (including phenoxy) is 1. The van der Waals surface area contributed by atoms with E-state index < -0.39 is 18.9 Å². The largest absolute Gasteiger partial charge is 0.466 e. The number of esters is 1. The summed E-state index contributed by atoms with van der Waals surface area (Å²) in [5.74, 6) is -0.485. The van der Waals surface area contributed by atoms with Crippen molar-refractivity contribution in [1.29, 1.82) is 0 Å². The number of aliphatic hydroxyl groups excluding tert-OH is 1. The van der Waals surface area contributed by atoms with Crippen LogP contribution < -0.4 is 0 Å². The highest BCUT2D eigenvalue weighted by atomic mass is 19.3. The number of hydrogen-bond acceptors (Lipinski definition) is 4. The summed E-state index contributed by atoms with van der Waals surface area (Å²) in [5, 5.41) is 8.67. The molecule has 0 radical (unpaired) electrons. The minimum atomic E-state index is -2.46. The molecule has 0 rings (SSSR count). The lowest BCUT2D eigenvalue weighted by Crippen LogP contribution is -2.32. The Kier molecular flexibility index (Phi) is 7.66. The van der Waals surface area contributed by atoms with Crippen molar-refractivity contribution in [3.8, 4) is 0 Å². The Bertz CT molecular complexity index is 244. The fourth-order valence-electron chi connectivity index (χ4n) is 1.10. The molecule has 0 aromatic rings. The molecule has 0 amide bonds. The van der Waals surface area contributed by atoms with E-state index in [1.165, 1.54) is 18.1 Å². The molecule has 0 aliphatic rings. The van der Waals surface area contributed by atoms with E-state index in [1.807, 2.05) is 0 Å². The van der Waals surface area contributed by atoms with Crippen LogP contribution in [0.2, 0.25) is 0 Å². The van der Waals surface area contributed by atoms with Gasteiger partial charge in [-0.05, 0) is 6.92 Å². The first-order valence-corrected chi connectivity index (χ1v) is 4.87. The maximum Gasteiger partial charge on any atom is 0.333 e. The molecule has 0 fully saturated rings.